The van der Waals surface area contributed by atoms with E-state index in [-0.39, 0.29) is 40.7 Å². The predicted molar refractivity (Wildman–Crippen MR) is 141 cm³/mol. The van der Waals surface area contributed by atoms with E-state index < -0.39 is 40.6 Å². The maximum Gasteiger partial charge on any atom is 0.308 e. The molecule has 2 aliphatic rings. The molecule has 0 saturated carbocycles. The lowest BCUT2D eigenvalue weighted by molar-refractivity contribution is -0.140. The third-order valence-corrected chi connectivity index (χ3v) is 7.22. The van der Waals surface area contributed by atoms with Gasteiger partial charge in [-0.2, -0.15) is 0 Å². The van der Waals surface area contributed by atoms with Crippen molar-refractivity contribution in [3.8, 4) is 23.0 Å². The average molecular weight is 544 g/mol. The van der Waals surface area contributed by atoms with Crippen LogP contribution in [-0.4, -0.2) is 41.4 Å². The number of esters is 1. The van der Waals surface area contributed by atoms with E-state index in [1.165, 1.54) is 27.0 Å². The Bertz CT molecular complexity index is 1690. The molecule has 0 bridgehead atoms. The van der Waals surface area contributed by atoms with Gasteiger partial charge in [-0.05, 0) is 42.3 Å². The summed E-state index contributed by atoms with van der Waals surface area (Å²) < 4.78 is 16.5. The first-order valence-corrected chi connectivity index (χ1v) is 12.4. The normalized spacial score (nSPS) is 19.3. The van der Waals surface area contributed by atoms with Gasteiger partial charge in [0.1, 0.15) is 45.7 Å². The summed E-state index contributed by atoms with van der Waals surface area (Å²) in [5, 5.41) is 15.3. The van der Waals surface area contributed by atoms with Gasteiger partial charge in [-0.3, -0.25) is 24.0 Å². The van der Waals surface area contributed by atoms with Gasteiger partial charge in [-0.15, -0.1) is 0 Å². The summed E-state index contributed by atoms with van der Waals surface area (Å²) in [6, 6.07) is 11.9. The molecule has 5 rings (SSSR count). The molecule has 10 nitrogen and oxygen atoms in total. The topological polar surface area (TPSA) is 145 Å². The highest BCUT2D eigenvalue weighted by Crippen LogP contribution is 2.56. The second kappa shape index (κ2) is 9.64. The third-order valence-electron chi connectivity index (χ3n) is 7.22. The molecular formula is C30H25NO9. The first kappa shape index (κ1) is 26.6. The average Bonchev–Trinajstić information content (AvgIpc) is 3.19. The fraction of sp³-hybridized carbons (Fsp3) is 0.233. The monoisotopic (exact) mass is 543 g/mol. The minimum absolute atomic E-state index is 0.0110. The molecule has 1 unspecified atom stereocenters. The van der Waals surface area contributed by atoms with E-state index >= 15 is 0 Å². The number of fused-ring (bicyclic) bond motifs is 4. The zero-order chi connectivity index (χ0) is 28.9. The van der Waals surface area contributed by atoms with Crippen LogP contribution in [0.5, 0.6) is 23.0 Å². The number of phenolic OH excluding ortho intramolecular Hbond substituents is 1. The molecule has 2 atom stereocenters. The molecule has 1 amide bonds. The Balaban J connectivity index is 1.56. The van der Waals surface area contributed by atoms with E-state index in [9.17, 15) is 29.1 Å². The molecule has 0 fully saturated rings. The summed E-state index contributed by atoms with van der Waals surface area (Å²) in [5.41, 5.74) is -1.14. The van der Waals surface area contributed by atoms with E-state index in [4.69, 9.17) is 14.2 Å². The van der Waals surface area contributed by atoms with Crippen molar-refractivity contribution in [2.45, 2.75) is 32.7 Å². The van der Waals surface area contributed by atoms with Crippen LogP contribution in [0.15, 0.2) is 54.3 Å². The lowest BCUT2D eigenvalue weighted by Crippen LogP contribution is -2.47. The SMILES string of the molecule is COc1cc(O)c2c(c1C(=O)NCc1cc(OC(C)=O)cc3ccccc13)OC1=CC(=O)C(C(C)=O)C(=O)[C@]12C. The highest BCUT2D eigenvalue weighted by molar-refractivity contribution is 6.27. The number of ketones is 3. The van der Waals surface area contributed by atoms with Crippen LogP contribution in [0.1, 0.15) is 42.3 Å². The summed E-state index contributed by atoms with van der Waals surface area (Å²) >= 11 is 0. The van der Waals surface area contributed by atoms with Crippen molar-refractivity contribution in [1.29, 1.82) is 0 Å². The van der Waals surface area contributed by atoms with Crippen molar-refractivity contribution in [2.24, 2.45) is 5.92 Å². The Morgan fingerprint density at radius 1 is 1.10 bits per heavy atom. The van der Waals surface area contributed by atoms with Crippen molar-refractivity contribution in [3.05, 3.63) is 71.0 Å². The molecule has 0 saturated heterocycles. The van der Waals surface area contributed by atoms with Crippen LogP contribution in [0.25, 0.3) is 10.8 Å². The first-order chi connectivity index (χ1) is 19.0. The van der Waals surface area contributed by atoms with Gasteiger partial charge in [0, 0.05) is 25.6 Å². The van der Waals surface area contributed by atoms with E-state index in [1.54, 1.807) is 12.1 Å². The smallest absolute Gasteiger partial charge is 0.308 e. The van der Waals surface area contributed by atoms with Gasteiger partial charge < -0.3 is 24.6 Å². The molecule has 0 spiro atoms. The molecule has 10 heteroatoms. The Kier molecular flexibility index (Phi) is 6.41. The van der Waals surface area contributed by atoms with Gasteiger partial charge >= 0.3 is 5.97 Å². The van der Waals surface area contributed by atoms with Crippen molar-refractivity contribution >= 4 is 40.0 Å². The molecule has 2 N–H and O–H groups in total. The molecule has 204 valence electrons. The predicted octanol–water partition coefficient (Wildman–Crippen LogP) is 3.30. The minimum Gasteiger partial charge on any atom is -0.507 e. The number of phenols is 1. The second-order valence-corrected chi connectivity index (χ2v) is 9.80. The molecule has 1 aliphatic heterocycles. The Hall–Kier alpha value is -4.99. The van der Waals surface area contributed by atoms with E-state index in [0.29, 0.717) is 11.3 Å². The van der Waals surface area contributed by atoms with Crippen molar-refractivity contribution < 1.29 is 43.3 Å². The number of ether oxygens (including phenoxy) is 3. The molecule has 0 radical (unpaired) electrons. The fourth-order valence-electron chi connectivity index (χ4n) is 5.35. The maximum absolute atomic E-state index is 13.6. The van der Waals surface area contributed by atoms with E-state index in [1.807, 2.05) is 24.3 Å². The summed E-state index contributed by atoms with van der Waals surface area (Å²) in [7, 11) is 1.30. The van der Waals surface area contributed by atoms with Crippen molar-refractivity contribution in [1.82, 2.24) is 5.32 Å². The number of allylic oxidation sites excluding steroid dienone is 2. The highest BCUT2D eigenvalue weighted by Gasteiger charge is 2.58. The quantitative estimate of drug-likeness (QED) is 0.272. The summed E-state index contributed by atoms with van der Waals surface area (Å²) in [6.45, 7) is 3.89. The molecular weight excluding hydrogens is 518 g/mol. The number of hydrogen-bond donors (Lipinski definition) is 2. The summed E-state index contributed by atoms with van der Waals surface area (Å²) in [5.74, 6) is -5.13. The molecule has 3 aromatic rings. The van der Waals surface area contributed by atoms with Crippen LogP contribution in [-0.2, 0) is 31.1 Å². The molecule has 40 heavy (non-hydrogen) atoms. The summed E-state index contributed by atoms with van der Waals surface area (Å²) in [4.78, 5) is 63.3. The minimum atomic E-state index is -1.67. The zero-order valence-corrected chi connectivity index (χ0v) is 22.1. The number of nitrogens with one attached hydrogen (secondary N) is 1. The number of hydrogen-bond acceptors (Lipinski definition) is 9. The van der Waals surface area contributed by atoms with Crippen molar-refractivity contribution in [2.75, 3.05) is 7.11 Å². The van der Waals surface area contributed by atoms with E-state index in [0.717, 1.165) is 23.8 Å². The van der Waals surface area contributed by atoms with Crippen molar-refractivity contribution in [3.63, 3.8) is 0 Å². The third kappa shape index (κ3) is 4.08. The molecule has 1 heterocycles. The number of carbonyl (C=O) groups is 5. The molecule has 1 aliphatic carbocycles. The van der Waals surface area contributed by atoms with Crippen LogP contribution < -0.4 is 19.5 Å². The van der Waals surface area contributed by atoms with Gasteiger partial charge in [0.2, 0.25) is 0 Å². The number of rotatable bonds is 6. The van der Waals surface area contributed by atoms with Crippen LogP contribution >= 0.6 is 0 Å². The van der Waals surface area contributed by atoms with Gasteiger partial charge in [0.15, 0.2) is 17.3 Å². The highest BCUT2D eigenvalue weighted by atomic mass is 16.5. The van der Waals surface area contributed by atoms with E-state index in [2.05, 4.69) is 5.32 Å². The summed E-state index contributed by atoms with van der Waals surface area (Å²) in [6.07, 6.45) is 1.06. The number of benzene rings is 3. The van der Waals surface area contributed by atoms with Gasteiger partial charge in [-0.1, -0.05) is 24.3 Å². The number of amides is 1. The number of methoxy groups -OCH3 is 1. The van der Waals surface area contributed by atoms with Gasteiger partial charge in [0.05, 0.1) is 12.7 Å². The van der Waals surface area contributed by atoms with Crippen LogP contribution in [0.2, 0.25) is 0 Å². The number of carbonyl (C=O) groups excluding carboxylic acids is 5. The van der Waals surface area contributed by atoms with Crippen LogP contribution in [0, 0.1) is 5.92 Å². The molecule has 0 aromatic heterocycles. The van der Waals surface area contributed by atoms with Gasteiger partial charge in [-0.25, -0.2) is 0 Å². The van der Waals surface area contributed by atoms with Crippen LogP contribution in [0.3, 0.4) is 0 Å². The first-order valence-electron chi connectivity index (χ1n) is 12.4. The number of Topliss-reactive ketones (excluding diaryl/α,β-unsaturated/α-hetero) is 2. The lowest BCUT2D eigenvalue weighted by Gasteiger charge is -2.30. The largest absolute Gasteiger partial charge is 0.507 e. The Morgan fingerprint density at radius 2 is 1.82 bits per heavy atom. The number of aromatic hydroxyl groups is 1. The lowest BCUT2D eigenvalue weighted by atomic mass is 9.67. The second-order valence-electron chi connectivity index (χ2n) is 9.80. The maximum atomic E-state index is 13.6. The zero-order valence-electron chi connectivity index (χ0n) is 22.1. The Labute approximate surface area is 228 Å². The van der Waals surface area contributed by atoms with Crippen LogP contribution in [0.4, 0.5) is 0 Å². The van der Waals surface area contributed by atoms with Gasteiger partial charge in [0.25, 0.3) is 5.91 Å². The fourth-order valence-corrected chi connectivity index (χ4v) is 5.35. The Morgan fingerprint density at radius 3 is 2.50 bits per heavy atom. The standard InChI is InChI=1S/C30H25NO9/c1-14(32)24-20(34)12-23-30(3,28(24)36)26-21(35)11-22(38-4)25(27(26)40-23)29(37)31-13-17-10-18(39-15(2)33)9-16-7-5-6-8-19(16)17/h5-12,24,35H,13H2,1-4H3,(H,31,37)/t24?,30-/m1/s1. The molecule has 3 aromatic carbocycles.